The second kappa shape index (κ2) is 4.30. The van der Waals surface area contributed by atoms with Crippen LogP contribution in [0.5, 0.6) is 0 Å². The summed E-state index contributed by atoms with van der Waals surface area (Å²) in [6.45, 7) is 1.12. The summed E-state index contributed by atoms with van der Waals surface area (Å²) in [4.78, 5) is 9.80. The van der Waals surface area contributed by atoms with Crippen LogP contribution in [0.15, 0.2) is 12.3 Å². The lowest BCUT2D eigenvalue weighted by Crippen LogP contribution is -2.25. The van der Waals surface area contributed by atoms with Gasteiger partial charge in [-0.25, -0.2) is 9.97 Å². The molecule has 2 rings (SSSR count). The van der Waals surface area contributed by atoms with Crippen molar-refractivity contribution in [1.82, 2.24) is 9.97 Å². The predicted molar refractivity (Wildman–Crippen MR) is 56.1 cm³/mol. The van der Waals surface area contributed by atoms with Crippen LogP contribution in [0, 0.1) is 0 Å². The number of aliphatic hydroxyl groups is 1. The van der Waals surface area contributed by atoms with Crippen molar-refractivity contribution in [2.24, 2.45) is 0 Å². The van der Waals surface area contributed by atoms with E-state index in [1.54, 1.807) is 19.4 Å². The van der Waals surface area contributed by atoms with E-state index in [9.17, 15) is 5.11 Å². The number of halogens is 1. The first-order valence-electron chi connectivity index (χ1n) is 4.65. The molecule has 0 radical (unpaired) electrons. The zero-order valence-electron chi connectivity index (χ0n) is 8.30. The molecule has 1 aromatic rings. The van der Waals surface area contributed by atoms with Crippen LogP contribution in [0.3, 0.4) is 0 Å². The third-order valence-corrected chi connectivity index (χ3v) is 2.66. The predicted octanol–water partition coefficient (Wildman–Crippen LogP) is 0.326. The number of β-amino-alcohol motifs (C(OH)–C–C–N with tert-alkyl or cyclic N) is 1. The third-order valence-electron chi connectivity index (χ3n) is 2.48. The Bertz CT molecular complexity index is 350. The van der Waals surface area contributed by atoms with Crippen molar-refractivity contribution >= 4 is 17.4 Å². The molecule has 1 aromatic heterocycles. The molecule has 1 saturated heterocycles. The van der Waals surface area contributed by atoms with Gasteiger partial charge in [0.05, 0.1) is 6.10 Å². The monoisotopic (exact) mass is 229 g/mol. The number of rotatable bonds is 2. The molecule has 0 amide bonds. The van der Waals surface area contributed by atoms with Gasteiger partial charge in [-0.05, 0) is 17.7 Å². The van der Waals surface area contributed by atoms with E-state index in [1.807, 2.05) is 4.90 Å². The van der Waals surface area contributed by atoms with Gasteiger partial charge < -0.3 is 14.7 Å². The zero-order valence-corrected chi connectivity index (χ0v) is 9.05. The molecule has 0 unspecified atom stereocenters. The van der Waals surface area contributed by atoms with Crippen molar-refractivity contribution in [1.29, 1.82) is 0 Å². The molecule has 0 aromatic carbocycles. The van der Waals surface area contributed by atoms with Crippen molar-refractivity contribution in [2.45, 2.75) is 12.2 Å². The number of ether oxygens (including phenoxy) is 1. The van der Waals surface area contributed by atoms with Crippen molar-refractivity contribution in [3.8, 4) is 0 Å². The first kappa shape index (κ1) is 10.6. The van der Waals surface area contributed by atoms with Crippen LogP contribution in [0.25, 0.3) is 0 Å². The molecule has 6 heteroatoms. The molecule has 1 aliphatic heterocycles. The zero-order chi connectivity index (χ0) is 10.8. The summed E-state index contributed by atoms with van der Waals surface area (Å²) in [7, 11) is 1.59. The van der Waals surface area contributed by atoms with Crippen LogP contribution < -0.4 is 4.90 Å². The SMILES string of the molecule is CO[C@@H]1CN(c2ccnc(Cl)n2)C[C@H]1O. The topological polar surface area (TPSA) is 58.5 Å². The Balaban J connectivity index is 2.13. The van der Waals surface area contributed by atoms with Gasteiger partial charge in [0.15, 0.2) is 0 Å². The molecule has 0 bridgehead atoms. The molecule has 0 aliphatic carbocycles. The molecular weight excluding hydrogens is 218 g/mol. The van der Waals surface area contributed by atoms with E-state index in [1.165, 1.54) is 0 Å². The summed E-state index contributed by atoms with van der Waals surface area (Å²) in [6.07, 6.45) is 0.944. The highest BCUT2D eigenvalue weighted by Crippen LogP contribution is 2.20. The lowest BCUT2D eigenvalue weighted by molar-refractivity contribution is 0.0217. The molecule has 2 heterocycles. The molecule has 5 nitrogen and oxygen atoms in total. The highest BCUT2D eigenvalue weighted by atomic mass is 35.5. The largest absolute Gasteiger partial charge is 0.388 e. The van der Waals surface area contributed by atoms with Gasteiger partial charge in [-0.15, -0.1) is 0 Å². The van der Waals surface area contributed by atoms with Crippen molar-refractivity contribution in [3.63, 3.8) is 0 Å². The summed E-state index contributed by atoms with van der Waals surface area (Å²) in [5, 5.41) is 9.86. The molecule has 0 spiro atoms. The van der Waals surface area contributed by atoms with Gasteiger partial charge in [0.25, 0.3) is 0 Å². The Morgan fingerprint density at radius 1 is 1.60 bits per heavy atom. The number of nitrogens with zero attached hydrogens (tertiary/aromatic N) is 3. The van der Waals surface area contributed by atoms with Gasteiger partial charge in [0.1, 0.15) is 11.9 Å². The van der Waals surface area contributed by atoms with Crippen molar-refractivity contribution in [3.05, 3.63) is 17.5 Å². The number of hydrogen-bond acceptors (Lipinski definition) is 5. The molecule has 2 atom stereocenters. The van der Waals surface area contributed by atoms with Crippen LogP contribution in [-0.2, 0) is 4.74 Å². The van der Waals surface area contributed by atoms with E-state index in [0.29, 0.717) is 18.9 Å². The Kier molecular flexibility index (Phi) is 3.04. The highest BCUT2D eigenvalue weighted by molar-refractivity contribution is 6.28. The summed E-state index contributed by atoms with van der Waals surface area (Å²) in [5.41, 5.74) is 0. The van der Waals surface area contributed by atoms with Gasteiger partial charge in [0, 0.05) is 26.4 Å². The molecular formula is C9H12ClN3O2. The Hall–Kier alpha value is -0.910. The fourth-order valence-electron chi connectivity index (χ4n) is 1.68. The number of methoxy groups -OCH3 is 1. The van der Waals surface area contributed by atoms with Crippen LogP contribution in [0.4, 0.5) is 5.82 Å². The molecule has 15 heavy (non-hydrogen) atoms. The van der Waals surface area contributed by atoms with Crippen LogP contribution in [0.1, 0.15) is 0 Å². The van der Waals surface area contributed by atoms with Crippen molar-refractivity contribution in [2.75, 3.05) is 25.1 Å². The van der Waals surface area contributed by atoms with Gasteiger partial charge in [-0.1, -0.05) is 0 Å². The third kappa shape index (κ3) is 2.19. The minimum absolute atomic E-state index is 0.168. The minimum Gasteiger partial charge on any atom is -0.388 e. The Morgan fingerprint density at radius 3 is 3.00 bits per heavy atom. The van der Waals surface area contributed by atoms with Gasteiger partial charge >= 0.3 is 0 Å². The van der Waals surface area contributed by atoms with E-state index in [0.717, 1.165) is 0 Å². The summed E-state index contributed by atoms with van der Waals surface area (Å²) < 4.78 is 5.14. The van der Waals surface area contributed by atoms with E-state index in [4.69, 9.17) is 16.3 Å². The average molecular weight is 230 g/mol. The van der Waals surface area contributed by atoms with E-state index in [2.05, 4.69) is 9.97 Å². The maximum Gasteiger partial charge on any atom is 0.224 e. The molecule has 82 valence electrons. The first-order chi connectivity index (χ1) is 7.20. The lowest BCUT2D eigenvalue weighted by atomic mass is 10.3. The molecule has 0 saturated carbocycles. The molecule has 1 fully saturated rings. The van der Waals surface area contributed by atoms with Gasteiger partial charge in [0.2, 0.25) is 5.28 Å². The average Bonchev–Trinajstić information content (AvgIpc) is 2.60. The number of anilines is 1. The fraction of sp³-hybridized carbons (Fsp3) is 0.556. The molecule has 1 aliphatic rings. The summed E-state index contributed by atoms with van der Waals surface area (Å²) in [6, 6.07) is 1.76. The lowest BCUT2D eigenvalue weighted by Gasteiger charge is -2.15. The summed E-state index contributed by atoms with van der Waals surface area (Å²) >= 11 is 5.69. The van der Waals surface area contributed by atoms with Crippen LogP contribution in [0.2, 0.25) is 5.28 Å². The fourth-order valence-corrected chi connectivity index (χ4v) is 1.82. The van der Waals surface area contributed by atoms with E-state index in [-0.39, 0.29) is 11.4 Å². The molecule has 1 N–H and O–H groups in total. The standard InChI is InChI=1S/C9H12ClN3O2/c1-15-7-5-13(4-6(7)14)8-2-3-11-9(10)12-8/h2-3,6-7,14H,4-5H2,1H3/t6-,7-/m1/s1. The number of aromatic nitrogens is 2. The Labute approximate surface area is 92.7 Å². The Morgan fingerprint density at radius 2 is 2.40 bits per heavy atom. The second-order valence-electron chi connectivity index (χ2n) is 3.43. The summed E-state index contributed by atoms with van der Waals surface area (Å²) in [5.74, 6) is 0.716. The quantitative estimate of drug-likeness (QED) is 0.741. The van der Waals surface area contributed by atoms with Crippen molar-refractivity contribution < 1.29 is 9.84 Å². The van der Waals surface area contributed by atoms with E-state index >= 15 is 0 Å². The van der Waals surface area contributed by atoms with Gasteiger partial charge in [-0.2, -0.15) is 0 Å². The first-order valence-corrected chi connectivity index (χ1v) is 5.03. The van der Waals surface area contributed by atoms with Gasteiger partial charge in [-0.3, -0.25) is 0 Å². The van der Waals surface area contributed by atoms with Crippen LogP contribution in [-0.4, -0.2) is 47.5 Å². The minimum atomic E-state index is -0.483. The smallest absolute Gasteiger partial charge is 0.224 e. The maximum atomic E-state index is 9.65. The maximum absolute atomic E-state index is 9.65. The van der Waals surface area contributed by atoms with E-state index < -0.39 is 6.10 Å². The number of aliphatic hydroxyl groups excluding tert-OH is 1. The van der Waals surface area contributed by atoms with Crippen LogP contribution >= 0.6 is 11.6 Å². The highest BCUT2D eigenvalue weighted by Gasteiger charge is 2.31. The normalized spacial score (nSPS) is 25.9. The number of hydrogen-bond donors (Lipinski definition) is 1. The second-order valence-corrected chi connectivity index (χ2v) is 3.77.